The number of hydrogen-bond donors (Lipinski definition) is 1. The third kappa shape index (κ3) is 6.17. The van der Waals surface area contributed by atoms with E-state index in [9.17, 15) is 4.79 Å². The van der Waals surface area contributed by atoms with E-state index in [1.54, 1.807) is 6.08 Å². The van der Waals surface area contributed by atoms with Gasteiger partial charge < -0.3 is 14.8 Å². The summed E-state index contributed by atoms with van der Waals surface area (Å²) in [7, 11) is 0. The Kier molecular flexibility index (Phi) is 6.60. The number of hydrogen-bond acceptors (Lipinski definition) is 4. The van der Waals surface area contributed by atoms with Crippen molar-refractivity contribution >= 4 is 12.0 Å². The zero-order valence-electron chi connectivity index (χ0n) is 16.6. The number of carbonyl (C=O) groups excluding carboxylic acids is 1. The standard InChI is InChI=1S/C24H28N2O3/c27-24(25-16-23-17-26(13-14-28-23)21-10-11-21)12-9-19-7-4-8-22(15-19)29-18-20-5-2-1-3-6-20/h1-9,12,15,21,23H,10-11,13-14,16-18H2,(H,25,27)/b12-9+. The lowest BCUT2D eigenvalue weighted by molar-refractivity contribution is -0.117. The van der Waals surface area contributed by atoms with Gasteiger partial charge in [-0.15, -0.1) is 0 Å². The van der Waals surface area contributed by atoms with Gasteiger partial charge in [-0.25, -0.2) is 0 Å². The molecule has 152 valence electrons. The van der Waals surface area contributed by atoms with Gasteiger partial charge >= 0.3 is 0 Å². The first-order valence-corrected chi connectivity index (χ1v) is 10.3. The van der Waals surface area contributed by atoms with Crippen molar-refractivity contribution in [2.75, 3.05) is 26.2 Å². The van der Waals surface area contributed by atoms with Crippen molar-refractivity contribution in [1.29, 1.82) is 0 Å². The van der Waals surface area contributed by atoms with E-state index in [0.717, 1.165) is 42.6 Å². The molecule has 4 rings (SSSR count). The molecular formula is C24H28N2O3. The van der Waals surface area contributed by atoms with Gasteiger partial charge in [0.2, 0.25) is 5.91 Å². The highest BCUT2D eigenvalue weighted by atomic mass is 16.5. The molecule has 0 spiro atoms. The predicted octanol–water partition coefficient (Wildman–Crippen LogP) is 3.26. The maximum absolute atomic E-state index is 12.2. The highest BCUT2D eigenvalue weighted by molar-refractivity contribution is 5.91. The molecule has 1 saturated carbocycles. The largest absolute Gasteiger partial charge is 0.489 e. The van der Waals surface area contributed by atoms with Crippen LogP contribution in [0, 0.1) is 0 Å². The molecule has 1 N–H and O–H groups in total. The Morgan fingerprint density at radius 2 is 2.03 bits per heavy atom. The second kappa shape index (κ2) is 9.72. The molecule has 0 bridgehead atoms. The van der Waals surface area contributed by atoms with Crippen LogP contribution in [0.4, 0.5) is 0 Å². The molecule has 29 heavy (non-hydrogen) atoms. The fourth-order valence-electron chi connectivity index (χ4n) is 3.53. The van der Waals surface area contributed by atoms with Crippen molar-refractivity contribution < 1.29 is 14.3 Å². The molecule has 2 aromatic rings. The Morgan fingerprint density at radius 3 is 2.86 bits per heavy atom. The van der Waals surface area contributed by atoms with E-state index >= 15 is 0 Å². The third-order valence-corrected chi connectivity index (χ3v) is 5.27. The van der Waals surface area contributed by atoms with E-state index in [4.69, 9.17) is 9.47 Å². The van der Waals surface area contributed by atoms with E-state index in [1.165, 1.54) is 12.8 Å². The predicted molar refractivity (Wildman–Crippen MR) is 114 cm³/mol. The van der Waals surface area contributed by atoms with Gasteiger partial charge in [-0.1, -0.05) is 42.5 Å². The van der Waals surface area contributed by atoms with Gasteiger partial charge in [0.1, 0.15) is 12.4 Å². The van der Waals surface area contributed by atoms with E-state index < -0.39 is 0 Å². The van der Waals surface area contributed by atoms with Gasteiger partial charge in [-0.2, -0.15) is 0 Å². The lowest BCUT2D eigenvalue weighted by Gasteiger charge is -2.32. The summed E-state index contributed by atoms with van der Waals surface area (Å²) < 4.78 is 11.6. The van der Waals surface area contributed by atoms with E-state index in [1.807, 2.05) is 60.7 Å². The number of ether oxygens (including phenoxy) is 2. The number of nitrogens with one attached hydrogen (secondary N) is 1. The minimum atomic E-state index is -0.104. The summed E-state index contributed by atoms with van der Waals surface area (Å²) in [6.07, 6.45) is 6.06. The number of benzene rings is 2. The van der Waals surface area contributed by atoms with Crippen LogP contribution in [-0.4, -0.2) is 49.2 Å². The van der Waals surface area contributed by atoms with Crippen molar-refractivity contribution in [3.8, 4) is 5.75 Å². The molecule has 1 aliphatic heterocycles. The zero-order chi connectivity index (χ0) is 19.9. The first kappa shape index (κ1) is 19.7. The smallest absolute Gasteiger partial charge is 0.244 e. The Hall–Kier alpha value is -2.63. The van der Waals surface area contributed by atoms with Crippen molar-refractivity contribution in [3.63, 3.8) is 0 Å². The Morgan fingerprint density at radius 1 is 1.17 bits per heavy atom. The average molecular weight is 392 g/mol. The Labute approximate surface area is 172 Å². The van der Waals surface area contributed by atoms with Gasteiger partial charge in [-0.3, -0.25) is 9.69 Å². The zero-order valence-corrected chi connectivity index (χ0v) is 16.6. The molecule has 5 nitrogen and oxygen atoms in total. The summed E-state index contributed by atoms with van der Waals surface area (Å²) in [5.41, 5.74) is 2.05. The lowest BCUT2D eigenvalue weighted by atomic mass is 10.2. The van der Waals surface area contributed by atoms with Crippen LogP contribution in [0.1, 0.15) is 24.0 Å². The molecule has 1 atom stereocenters. The van der Waals surface area contributed by atoms with Crippen LogP contribution in [0.15, 0.2) is 60.7 Å². The van der Waals surface area contributed by atoms with Crippen molar-refractivity contribution in [3.05, 3.63) is 71.8 Å². The summed E-state index contributed by atoms with van der Waals surface area (Å²) in [6, 6.07) is 18.5. The van der Waals surface area contributed by atoms with Gasteiger partial charge in [0.25, 0.3) is 0 Å². The van der Waals surface area contributed by atoms with Crippen LogP contribution >= 0.6 is 0 Å². The molecule has 1 saturated heterocycles. The van der Waals surface area contributed by atoms with E-state index in [2.05, 4.69) is 10.2 Å². The quantitative estimate of drug-likeness (QED) is 0.701. The van der Waals surface area contributed by atoms with Crippen LogP contribution in [0.2, 0.25) is 0 Å². The van der Waals surface area contributed by atoms with E-state index in [0.29, 0.717) is 13.2 Å². The molecule has 0 radical (unpaired) electrons. The van der Waals surface area contributed by atoms with Crippen molar-refractivity contribution in [2.24, 2.45) is 0 Å². The third-order valence-electron chi connectivity index (χ3n) is 5.27. The van der Waals surface area contributed by atoms with Crippen LogP contribution < -0.4 is 10.1 Å². The SMILES string of the molecule is O=C(/C=C/c1cccc(OCc2ccccc2)c1)NCC1CN(C2CC2)CCO1. The van der Waals surface area contributed by atoms with E-state index in [-0.39, 0.29) is 12.0 Å². The summed E-state index contributed by atoms with van der Waals surface area (Å²) >= 11 is 0. The van der Waals surface area contributed by atoms with Gasteiger partial charge in [-0.05, 0) is 42.2 Å². The lowest BCUT2D eigenvalue weighted by Crippen LogP contribution is -2.48. The molecule has 2 fully saturated rings. The fraction of sp³-hybridized carbons (Fsp3) is 0.375. The minimum Gasteiger partial charge on any atom is -0.489 e. The molecule has 2 aliphatic rings. The second-order valence-electron chi connectivity index (χ2n) is 7.64. The van der Waals surface area contributed by atoms with Crippen LogP contribution in [-0.2, 0) is 16.1 Å². The summed E-state index contributed by atoms with van der Waals surface area (Å²) in [6.45, 7) is 3.75. The van der Waals surface area contributed by atoms with Crippen LogP contribution in [0.3, 0.4) is 0 Å². The van der Waals surface area contributed by atoms with Crippen molar-refractivity contribution in [2.45, 2.75) is 31.6 Å². The monoisotopic (exact) mass is 392 g/mol. The number of carbonyl (C=O) groups is 1. The number of nitrogens with zero attached hydrogens (tertiary/aromatic N) is 1. The molecule has 5 heteroatoms. The highest BCUT2D eigenvalue weighted by Crippen LogP contribution is 2.28. The maximum atomic E-state index is 12.2. The molecule has 0 aromatic heterocycles. The number of rotatable bonds is 8. The highest BCUT2D eigenvalue weighted by Gasteiger charge is 2.32. The fourth-order valence-corrected chi connectivity index (χ4v) is 3.53. The summed E-state index contributed by atoms with van der Waals surface area (Å²) in [5.74, 6) is 0.680. The van der Waals surface area contributed by atoms with Crippen LogP contribution in [0.5, 0.6) is 5.75 Å². The number of amides is 1. The van der Waals surface area contributed by atoms with Crippen molar-refractivity contribution in [1.82, 2.24) is 10.2 Å². The molecule has 1 aliphatic carbocycles. The Balaban J connectivity index is 1.23. The van der Waals surface area contributed by atoms with Crippen LogP contribution in [0.25, 0.3) is 6.08 Å². The average Bonchev–Trinajstić information content (AvgIpc) is 3.62. The number of morpholine rings is 1. The Bertz CT molecular complexity index is 833. The molecule has 1 unspecified atom stereocenters. The normalized spacial score (nSPS) is 19.9. The summed E-state index contributed by atoms with van der Waals surface area (Å²) in [4.78, 5) is 14.7. The molecular weight excluding hydrogens is 364 g/mol. The van der Waals surface area contributed by atoms with Gasteiger partial charge in [0, 0.05) is 31.8 Å². The minimum absolute atomic E-state index is 0.0800. The first-order valence-electron chi connectivity index (χ1n) is 10.3. The molecule has 2 aromatic carbocycles. The first-order chi connectivity index (χ1) is 14.3. The maximum Gasteiger partial charge on any atom is 0.244 e. The topological polar surface area (TPSA) is 50.8 Å². The summed E-state index contributed by atoms with van der Waals surface area (Å²) in [5, 5.41) is 2.96. The second-order valence-corrected chi connectivity index (χ2v) is 7.64. The molecule has 1 heterocycles. The molecule has 1 amide bonds. The van der Waals surface area contributed by atoms with Gasteiger partial charge in [0.15, 0.2) is 0 Å². The van der Waals surface area contributed by atoms with Gasteiger partial charge in [0.05, 0.1) is 12.7 Å².